The molecule has 7 heteroatoms. The van der Waals surface area contributed by atoms with Gasteiger partial charge in [-0.1, -0.05) is 18.7 Å². The Labute approximate surface area is 105 Å². The van der Waals surface area contributed by atoms with E-state index in [-0.39, 0.29) is 22.8 Å². The van der Waals surface area contributed by atoms with Crippen molar-refractivity contribution in [2.24, 2.45) is 0 Å². The van der Waals surface area contributed by atoms with Gasteiger partial charge in [0.15, 0.2) is 0 Å². The number of carbonyl (C=O) groups excluding carboxylic acids is 2. The van der Waals surface area contributed by atoms with Gasteiger partial charge in [-0.3, -0.25) is 9.59 Å². The van der Waals surface area contributed by atoms with Crippen LogP contribution in [0.4, 0.5) is 0 Å². The number of nitrogens with zero attached hydrogens (tertiary/aromatic N) is 1. The average Bonchev–Trinajstić information content (AvgIpc) is 2.61. The predicted octanol–water partition coefficient (Wildman–Crippen LogP) is 1.04. The highest BCUT2D eigenvalue weighted by molar-refractivity contribution is 7.90. The van der Waals surface area contributed by atoms with Crippen molar-refractivity contribution >= 4 is 21.9 Å². The van der Waals surface area contributed by atoms with Crippen molar-refractivity contribution in [2.75, 3.05) is 0 Å². The van der Waals surface area contributed by atoms with Crippen LogP contribution < -0.4 is 0 Å². The van der Waals surface area contributed by atoms with Crippen LogP contribution in [0.1, 0.15) is 19.8 Å². The molecule has 0 atom stereocenters. The molecule has 98 valence electrons. The van der Waals surface area contributed by atoms with Gasteiger partial charge in [0, 0.05) is 12.8 Å². The third-order valence-corrected chi connectivity index (χ3v) is 3.35. The molecule has 0 radical (unpaired) electrons. The smallest absolute Gasteiger partial charge is 0.272 e. The van der Waals surface area contributed by atoms with Crippen LogP contribution in [0.25, 0.3) is 0 Å². The molecule has 0 aromatic carbocycles. The average molecular weight is 271 g/mol. The van der Waals surface area contributed by atoms with Gasteiger partial charge in [0.25, 0.3) is 11.8 Å². The van der Waals surface area contributed by atoms with Crippen LogP contribution in [-0.4, -0.2) is 25.3 Å². The molecule has 1 aliphatic rings. The van der Waals surface area contributed by atoms with E-state index >= 15 is 0 Å². The summed E-state index contributed by atoms with van der Waals surface area (Å²) < 4.78 is 28.1. The first-order valence-corrected chi connectivity index (χ1v) is 6.59. The molecule has 1 aliphatic heterocycles. The van der Waals surface area contributed by atoms with Crippen molar-refractivity contribution in [1.82, 2.24) is 5.06 Å². The van der Waals surface area contributed by atoms with Gasteiger partial charge in [0.1, 0.15) is 0 Å². The number of amides is 2. The Morgan fingerprint density at radius 1 is 1.33 bits per heavy atom. The van der Waals surface area contributed by atoms with E-state index in [1.165, 1.54) is 12.2 Å². The number of hydrogen-bond acceptors (Lipinski definition) is 5. The van der Waals surface area contributed by atoms with E-state index in [1.54, 1.807) is 13.0 Å². The SMILES string of the molecule is C=C/C(=C\C=C\C)S(=O)(=O)ON1C(=O)CCC1=O. The Morgan fingerprint density at radius 3 is 2.33 bits per heavy atom. The molecule has 0 spiro atoms. The largest absolute Gasteiger partial charge is 0.318 e. The van der Waals surface area contributed by atoms with E-state index in [4.69, 9.17) is 0 Å². The zero-order valence-corrected chi connectivity index (χ0v) is 10.6. The molecule has 1 rings (SSSR count). The lowest BCUT2D eigenvalue weighted by atomic mass is 10.4. The summed E-state index contributed by atoms with van der Waals surface area (Å²) >= 11 is 0. The lowest BCUT2D eigenvalue weighted by molar-refractivity contribution is -0.163. The third-order valence-electron chi connectivity index (χ3n) is 2.12. The molecule has 1 heterocycles. The summed E-state index contributed by atoms with van der Waals surface area (Å²) in [4.78, 5) is 22.3. The van der Waals surface area contributed by atoms with Crippen LogP contribution >= 0.6 is 0 Å². The fourth-order valence-electron chi connectivity index (χ4n) is 1.22. The zero-order valence-electron chi connectivity index (χ0n) is 9.83. The Morgan fingerprint density at radius 2 is 1.89 bits per heavy atom. The molecule has 0 saturated carbocycles. The summed E-state index contributed by atoms with van der Waals surface area (Å²) in [5.74, 6) is -1.34. The minimum atomic E-state index is -4.22. The van der Waals surface area contributed by atoms with E-state index < -0.39 is 21.9 Å². The molecule has 2 amide bonds. The van der Waals surface area contributed by atoms with E-state index in [9.17, 15) is 18.0 Å². The van der Waals surface area contributed by atoms with Crippen molar-refractivity contribution in [2.45, 2.75) is 19.8 Å². The van der Waals surface area contributed by atoms with Crippen molar-refractivity contribution in [3.8, 4) is 0 Å². The topological polar surface area (TPSA) is 80.8 Å². The normalized spacial score (nSPS) is 17.8. The van der Waals surface area contributed by atoms with Gasteiger partial charge >= 0.3 is 10.1 Å². The molecule has 0 aromatic rings. The first-order valence-electron chi connectivity index (χ1n) is 5.18. The number of rotatable bonds is 5. The van der Waals surface area contributed by atoms with Gasteiger partial charge < -0.3 is 0 Å². The first-order chi connectivity index (χ1) is 8.42. The lowest BCUT2D eigenvalue weighted by Crippen LogP contribution is -2.32. The fraction of sp³-hybridized carbons (Fsp3) is 0.273. The maximum absolute atomic E-state index is 11.8. The van der Waals surface area contributed by atoms with Crippen LogP contribution in [0.5, 0.6) is 0 Å². The number of hydrogen-bond donors (Lipinski definition) is 0. The Bertz CT molecular complexity index is 514. The van der Waals surface area contributed by atoms with Crippen LogP contribution in [0.15, 0.2) is 35.8 Å². The van der Waals surface area contributed by atoms with Gasteiger partial charge in [-0.15, -0.1) is 9.35 Å². The second-order valence-corrected chi connectivity index (χ2v) is 4.94. The molecular weight excluding hydrogens is 258 g/mol. The van der Waals surface area contributed by atoms with Crippen LogP contribution in [0.2, 0.25) is 0 Å². The van der Waals surface area contributed by atoms with E-state index in [0.717, 1.165) is 6.08 Å². The molecule has 1 saturated heterocycles. The maximum atomic E-state index is 11.8. The summed E-state index contributed by atoms with van der Waals surface area (Å²) in [7, 11) is -4.22. The van der Waals surface area contributed by atoms with Crippen LogP contribution in [0.3, 0.4) is 0 Å². The summed E-state index contributed by atoms with van der Waals surface area (Å²) in [5, 5.41) is 0.280. The van der Waals surface area contributed by atoms with E-state index in [0.29, 0.717) is 0 Å². The highest BCUT2D eigenvalue weighted by atomic mass is 32.2. The van der Waals surface area contributed by atoms with Crippen molar-refractivity contribution in [1.29, 1.82) is 0 Å². The van der Waals surface area contributed by atoms with Gasteiger partial charge in [-0.05, 0) is 19.1 Å². The fourth-order valence-corrected chi connectivity index (χ4v) is 2.12. The molecule has 0 unspecified atom stereocenters. The number of allylic oxidation sites excluding steroid dienone is 4. The lowest BCUT2D eigenvalue weighted by Gasteiger charge is -2.12. The minimum absolute atomic E-state index is 0.0453. The standard InChI is InChI=1S/C11H13NO5S/c1-3-5-6-9(4-2)18(15,16)17-12-10(13)7-8-11(12)14/h3-6H,2,7-8H2,1H3/b5-3+,9-6+. The zero-order chi connectivity index (χ0) is 13.8. The van der Waals surface area contributed by atoms with Crippen molar-refractivity contribution in [3.63, 3.8) is 0 Å². The molecule has 1 fully saturated rings. The van der Waals surface area contributed by atoms with Gasteiger partial charge in [-0.25, -0.2) is 0 Å². The number of carbonyl (C=O) groups is 2. The molecule has 0 N–H and O–H groups in total. The van der Waals surface area contributed by atoms with Crippen LogP contribution in [-0.2, 0) is 24.0 Å². The molecule has 6 nitrogen and oxygen atoms in total. The molecular formula is C11H13NO5S. The maximum Gasteiger partial charge on any atom is 0.318 e. The van der Waals surface area contributed by atoms with Gasteiger partial charge in [-0.2, -0.15) is 8.42 Å². The minimum Gasteiger partial charge on any atom is -0.272 e. The van der Waals surface area contributed by atoms with Crippen molar-refractivity contribution in [3.05, 3.63) is 35.8 Å². The number of imide groups is 1. The molecule has 0 bridgehead atoms. The molecule has 0 aromatic heterocycles. The molecule has 18 heavy (non-hydrogen) atoms. The van der Waals surface area contributed by atoms with Gasteiger partial charge in [0.05, 0.1) is 4.91 Å². The van der Waals surface area contributed by atoms with E-state index in [1.807, 2.05) is 0 Å². The summed E-state index contributed by atoms with van der Waals surface area (Å²) in [5.41, 5.74) is 0. The highest BCUT2D eigenvalue weighted by Gasteiger charge is 2.35. The Balaban J connectivity index is 2.97. The molecule has 0 aliphatic carbocycles. The Kier molecular flexibility index (Phi) is 4.57. The number of hydroxylamine groups is 2. The van der Waals surface area contributed by atoms with Crippen LogP contribution in [0, 0.1) is 0 Å². The first kappa shape index (κ1) is 14.3. The van der Waals surface area contributed by atoms with Crippen molar-refractivity contribution < 1.29 is 22.3 Å². The predicted molar refractivity (Wildman–Crippen MR) is 64.2 cm³/mol. The summed E-state index contributed by atoms with van der Waals surface area (Å²) in [6.45, 7) is 5.05. The third kappa shape index (κ3) is 3.14. The monoisotopic (exact) mass is 271 g/mol. The second-order valence-electron chi connectivity index (χ2n) is 3.41. The second kappa shape index (κ2) is 5.74. The van der Waals surface area contributed by atoms with E-state index in [2.05, 4.69) is 10.9 Å². The summed E-state index contributed by atoms with van der Waals surface area (Å²) in [6.07, 6.45) is 5.33. The quantitative estimate of drug-likeness (QED) is 0.551. The Hall–Kier alpha value is -1.73. The van der Waals surface area contributed by atoms with Gasteiger partial charge in [0.2, 0.25) is 0 Å². The summed E-state index contributed by atoms with van der Waals surface area (Å²) in [6, 6.07) is 0. The highest BCUT2D eigenvalue weighted by Crippen LogP contribution is 2.18.